The Morgan fingerprint density at radius 2 is 1.03 bits per heavy atom. The minimum absolute atomic E-state index is 0.0412. The van der Waals surface area contributed by atoms with E-state index < -0.39 is 49.5 Å². The second-order valence-electron chi connectivity index (χ2n) is 18.6. The van der Waals surface area contributed by atoms with Crippen molar-refractivity contribution < 1.29 is 49.3 Å². The molecular weight excluding hydrogens is 847 g/mol. The average molecular weight is 946 g/mol. The number of aliphatic hydroxyl groups is 5. The fourth-order valence-corrected chi connectivity index (χ4v) is 7.95. The summed E-state index contributed by atoms with van der Waals surface area (Å²) in [5, 5.41) is 54.1. The summed E-state index contributed by atoms with van der Waals surface area (Å²) < 4.78 is 16.6. The number of nitrogens with one attached hydrogen (secondary N) is 1. The molecule has 0 spiro atoms. The van der Waals surface area contributed by atoms with Crippen LogP contribution in [0.5, 0.6) is 0 Å². The maximum absolute atomic E-state index is 13.0. The van der Waals surface area contributed by atoms with Gasteiger partial charge in [0.2, 0.25) is 5.91 Å². The molecule has 11 heteroatoms. The lowest BCUT2D eigenvalue weighted by Crippen LogP contribution is -2.60. The molecule has 0 aromatic rings. The van der Waals surface area contributed by atoms with Crippen LogP contribution in [0, 0.1) is 0 Å². The van der Waals surface area contributed by atoms with Gasteiger partial charge in [-0.2, -0.15) is 0 Å². The molecule has 0 aromatic carbocycles. The molecule has 1 fully saturated rings. The van der Waals surface area contributed by atoms with Gasteiger partial charge in [-0.15, -0.1) is 0 Å². The fourth-order valence-electron chi connectivity index (χ4n) is 7.95. The van der Waals surface area contributed by atoms with Gasteiger partial charge < -0.3 is 45.1 Å². The Bertz CT molecular complexity index is 1300. The van der Waals surface area contributed by atoms with Crippen molar-refractivity contribution in [2.24, 2.45) is 0 Å². The zero-order valence-electron chi connectivity index (χ0n) is 42.3. The van der Waals surface area contributed by atoms with E-state index in [1.54, 1.807) is 6.08 Å². The standard InChI is InChI=1S/C56H99NO10/c1-3-5-7-9-11-13-23-28-32-36-40-44-52(61)65-45-41-37-33-29-25-22-20-18-16-14-15-17-19-21-24-27-31-35-39-43-51(60)57-48(49(59)42-38-34-30-26-12-10-8-6-4-2)47-66-56-55(64)54(63)53(62)50(46-58)67-56/h9,11-12,18,20,22,25-26,38,42,48-50,53-56,58-59,62-64H,3-8,10,13-17,19,21,23-24,27-37,39-41,43-47H2,1-2H3,(H,57,60)/b11-9-,20-18-,25-22-,26-12+,42-38+. The third kappa shape index (κ3) is 36.0. The second kappa shape index (κ2) is 45.8. The Morgan fingerprint density at radius 1 is 0.552 bits per heavy atom. The van der Waals surface area contributed by atoms with Crippen LogP contribution >= 0.6 is 0 Å². The van der Waals surface area contributed by atoms with E-state index in [9.17, 15) is 35.1 Å². The highest BCUT2D eigenvalue weighted by molar-refractivity contribution is 5.76. The predicted molar refractivity (Wildman–Crippen MR) is 273 cm³/mol. The van der Waals surface area contributed by atoms with Crippen molar-refractivity contribution in [1.82, 2.24) is 5.32 Å². The number of allylic oxidation sites excluding steroid dienone is 9. The van der Waals surface area contributed by atoms with Gasteiger partial charge in [0.05, 0.1) is 32.0 Å². The molecule has 6 N–H and O–H groups in total. The van der Waals surface area contributed by atoms with Gasteiger partial charge in [0.25, 0.3) is 0 Å². The summed E-state index contributed by atoms with van der Waals surface area (Å²) in [5.74, 6) is -0.248. The minimum Gasteiger partial charge on any atom is -0.466 e. The van der Waals surface area contributed by atoms with Crippen molar-refractivity contribution in [3.8, 4) is 0 Å². The molecule has 1 amide bonds. The van der Waals surface area contributed by atoms with Crippen molar-refractivity contribution in [1.29, 1.82) is 0 Å². The summed E-state index contributed by atoms with van der Waals surface area (Å²) in [6.07, 6.45) is 47.5. The minimum atomic E-state index is -1.58. The largest absolute Gasteiger partial charge is 0.466 e. The van der Waals surface area contributed by atoms with E-state index in [1.165, 1.54) is 103 Å². The third-order valence-electron chi connectivity index (χ3n) is 12.4. The van der Waals surface area contributed by atoms with Gasteiger partial charge in [-0.05, 0) is 96.3 Å². The molecule has 7 atom stereocenters. The highest BCUT2D eigenvalue weighted by Gasteiger charge is 2.44. The van der Waals surface area contributed by atoms with E-state index in [0.717, 1.165) is 89.9 Å². The van der Waals surface area contributed by atoms with Crippen molar-refractivity contribution in [2.45, 2.75) is 262 Å². The number of unbranched alkanes of at least 4 members (excludes halogenated alkanes) is 24. The van der Waals surface area contributed by atoms with E-state index in [2.05, 4.69) is 67.8 Å². The SMILES string of the molecule is CCCC/C=C\CCCCCCCC(=O)OCCCCC/C=C\C=C/CCCCCCCCCCCCC(=O)NC(COC1OC(CO)C(O)C(O)C1O)C(O)/C=C/CC/C=C/CCCCC. The molecule has 0 saturated carbocycles. The Morgan fingerprint density at radius 3 is 1.61 bits per heavy atom. The summed E-state index contributed by atoms with van der Waals surface area (Å²) in [4.78, 5) is 24.9. The van der Waals surface area contributed by atoms with Crippen LogP contribution in [0.15, 0.2) is 60.8 Å². The number of hydrogen-bond acceptors (Lipinski definition) is 10. The molecule has 0 radical (unpaired) electrons. The number of esters is 1. The Hall–Kier alpha value is -2.64. The van der Waals surface area contributed by atoms with Crippen LogP contribution < -0.4 is 5.32 Å². The Balaban J connectivity index is 2.11. The number of aliphatic hydroxyl groups excluding tert-OH is 5. The molecular formula is C56H99NO10. The Labute approximate surface area is 408 Å². The van der Waals surface area contributed by atoms with E-state index in [1.807, 2.05) is 6.08 Å². The topological polar surface area (TPSA) is 175 Å². The molecule has 11 nitrogen and oxygen atoms in total. The molecule has 7 unspecified atom stereocenters. The summed E-state index contributed by atoms with van der Waals surface area (Å²) >= 11 is 0. The molecule has 388 valence electrons. The summed E-state index contributed by atoms with van der Waals surface area (Å²) in [5.41, 5.74) is 0. The Kier molecular flexibility index (Phi) is 42.6. The zero-order valence-corrected chi connectivity index (χ0v) is 42.3. The lowest BCUT2D eigenvalue weighted by atomic mass is 9.99. The van der Waals surface area contributed by atoms with Crippen molar-refractivity contribution >= 4 is 11.9 Å². The molecule has 0 aromatic heterocycles. The predicted octanol–water partition coefficient (Wildman–Crippen LogP) is 11.5. The molecule has 1 aliphatic rings. The number of carbonyl (C=O) groups is 2. The van der Waals surface area contributed by atoms with Gasteiger partial charge in [-0.1, -0.05) is 171 Å². The highest BCUT2D eigenvalue weighted by Crippen LogP contribution is 2.23. The number of hydrogen-bond donors (Lipinski definition) is 6. The normalized spacial score (nSPS) is 20.0. The number of ether oxygens (including phenoxy) is 3. The fraction of sp³-hybridized carbons (Fsp3) is 0.786. The van der Waals surface area contributed by atoms with E-state index in [0.29, 0.717) is 19.4 Å². The van der Waals surface area contributed by atoms with Gasteiger partial charge >= 0.3 is 5.97 Å². The molecule has 1 heterocycles. The summed E-state index contributed by atoms with van der Waals surface area (Å²) in [6, 6.07) is -0.835. The maximum atomic E-state index is 13.0. The van der Waals surface area contributed by atoms with Gasteiger partial charge in [-0.3, -0.25) is 9.59 Å². The van der Waals surface area contributed by atoms with Crippen molar-refractivity contribution in [2.75, 3.05) is 19.8 Å². The van der Waals surface area contributed by atoms with Crippen LogP contribution in [0.25, 0.3) is 0 Å². The van der Waals surface area contributed by atoms with Gasteiger partial charge in [0.1, 0.15) is 24.4 Å². The summed E-state index contributed by atoms with van der Waals surface area (Å²) in [6.45, 7) is 4.16. The molecule has 1 saturated heterocycles. The second-order valence-corrected chi connectivity index (χ2v) is 18.6. The first kappa shape index (κ1) is 62.4. The third-order valence-corrected chi connectivity index (χ3v) is 12.4. The maximum Gasteiger partial charge on any atom is 0.305 e. The number of amides is 1. The zero-order chi connectivity index (χ0) is 48.8. The number of rotatable bonds is 45. The molecule has 0 bridgehead atoms. The highest BCUT2D eigenvalue weighted by atomic mass is 16.7. The van der Waals surface area contributed by atoms with E-state index in [-0.39, 0.29) is 18.5 Å². The van der Waals surface area contributed by atoms with Crippen LogP contribution in [0.4, 0.5) is 0 Å². The van der Waals surface area contributed by atoms with Crippen molar-refractivity contribution in [3.63, 3.8) is 0 Å². The van der Waals surface area contributed by atoms with Crippen molar-refractivity contribution in [3.05, 3.63) is 60.8 Å². The van der Waals surface area contributed by atoms with Gasteiger partial charge in [0, 0.05) is 12.8 Å². The van der Waals surface area contributed by atoms with E-state index in [4.69, 9.17) is 14.2 Å². The van der Waals surface area contributed by atoms with Crippen LogP contribution in [-0.4, -0.2) is 100 Å². The number of carbonyl (C=O) groups excluding carboxylic acids is 2. The summed E-state index contributed by atoms with van der Waals surface area (Å²) in [7, 11) is 0. The molecule has 1 aliphatic heterocycles. The average Bonchev–Trinajstić information content (AvgIpc) is 3.32. The lowest BCUT2D eigenvalue weighted by Gasteiger charge is -2.40. The van der Waals surface area contributed by atoms with Crippen LogP contribution in [0.1, 0.15) is 219 Å². The first-order valence-electron chi connectivity index (χ1n) is 27.1. The van der Waals surface area contributed by atoms with Crippen LogP contribution in [0.3, 0.4) is 0 Å². The van der Waals surface area contributed by atoms with Crippen LogP contribution in [-0.2, 0) is 23.8 Å². The van der Waals surface area contributed by atoms with E-state index >= 15 is 0 Å². The molecule has 67 heavy (non-hydrogen) atoms. The van der Waals surface area contributed by atoms with Gasteiger partial charge in [0.15, 0.2) is 6.29 Å². The molecule has 1 rings (SSSR count). The van der Waals surface area contributed by atoms with Crippen LogP contribution in [0.2, 0.25) is 0 Å². The molecule has 0 aliphatic carbocycles. The van der Waals surface area contributed by atoms with Gasteiger partial charge in [-0.25, -0.2) is 0 Å². The first-order chi connectivity index (χ1) is 32.7. The monoisotopic (exact) mass is 946 g/mol. The quantitative estimate of drug-likeness (QED) is 0.0149. The smallest absolute Gasteiger partial charge is 0.305 e. The lowest BCUT2D eigenvalue weighted by molar-refractivity contribution is -0.302. The first-order valence-corrected chi connectivity index (χ1v) is 27.1.